The molecule has 4 rings (SSSR count). The molecule has 3 nitrogen and oxygen atoms in total. The minimum Gasteiger partial charge on any atom is -0.387 e. The molecule has 0 saturated heterocycles. The van der Waals surface area contributed by atoms with Gasteiger partial charge in [-0.2, -0.15) is 0 Å². The maximum absolute atomic E-state index is 10.7. The van der Waals surface area contributed by atoms with Crippen LogP contribution in [0.1, 0.15) is 11.7 Å². The molecule has 0 radical (unpaired) electrons. The molecule has 0 fully saturated rings. The van der Waals surface area contributed by atoms with Crippen molar-refractivity contribution in [3.8, 4) is 11.4 Å². The van der Waals surface area contributed by atoms with Crippen LogP contribution < -0.4 is 0 Å². The molecular formula is C21H18N2O. The first kappa shape index (κ1) is 14.7. The van der Waals surface area contributed by atoms with Gasteiger partial charge >= 0.3 is 0 Å². The molecule has 3 heteroatoms. The molecule has 1 N–H and O–H groups in total. The van der Waals surface area contributed by atoms with E-state index in [1.165, 1.54) is 0 Å². The summed E-state index contributed by atoms with van der Waals surface area (Å²) in [4.78, 5) is 4.78. The van der Waals surface area contributed by atoms with Gasteiger partial charge in [0.2, 0.25) is 0 Å². The molecule has 24 heavy (non-hydrogen) atoms. The van der Waals surface area contributed by atoms with Crippen LogP contribution in [0.2, 0.25) is 0 Å². The average Bonchev–Trinajstić information content (AvgIpc) is 3.02. The summed E-state index contributed by atoms with van der Waals surface area (Å²) >= 11 is 0. The van der Waals surface area contributed by atoms with E-state index in [-0.39, 0.29) is 0 Å². The number of imidazole rings is 1. The van der Waals surface area contributed by atoms with E-state index >= 15 is 0 Å². The molecular weight excluding hydrogens is 296 g/mol. The van der Waals surface area contributed by atoms with Gasteiger partial charge in [-0.3, -0.25) is 0 Å². The van der Waals surface area contributed by atoms with E-state index in [0.29, 0.717) is 6.54 Å². The maximum Gasteiger partial charge on any atom is 0.141 e. The van der Waals surface area contributed by atoms with Crippen molar-refractivity contribution in [3.05, 3.63) is 90.5 Å². The lowest BCUT2D eigenvalue weighted by Gasteiger charge is -2.15. The molecule has 0 aliphatic rings. The van der Waals surface area contributed by atoms with Crippen LogP contribution in [0.25, 0.3) is 22.4 Å². The van der Waals surface area contributed by atoms with Gasteiger partial charge in [0.25, 0.3) is 0 Å². The van der Waals surface area contributed by atoms with Crippen molar-refractivity contribution in [1.29, 1.82) is 0 Å². The van der Waals surface area contributed by atoms with Crippen molar-refractivity contribution in [2.75, 3.05) is 0 Å². The Bertz CT molecular complexity index is 945. The number of hydrogen-bond donors (Lipinski definition) is 1. The number of aliphatic hydroxyl groups excluding tert-OH is 1. The summed E-state index contributed by atoms with van der Waals surface area (Å²) in [7, 11) is 0. The van der Waals surface area contributed by atoms with Gasteiger partial charge in [-0.25, -0.2) is 4.98 Å². The Labute approximate surface area is 140 Å². The minimum absolute atomic E-state index is 0.467. The summed E-state index contributed by atoms with van der Waals surface area (Å²) in [6, 6.07) is 27.9. The third-order valence-corrected chi connectivity index (χ3v) is 4.23. The molecule has 118 valence electrons. The van der Waals surface area contributed by atoms with E-state index in [9.17, 15) is 5.11 Å². The van der Waals surface area contributed by atoms with Crippen LogP contribution in [0.4, 0.5) is 0 Å². The monoisotopic (exact) mass is 314 g/mol. The van der Waals surface area contributed by atoms with Crippen molar-refractivity contribution >= 4 is 11.0 Å². The number of aromatic nitrogens is 2. The fourth-order valence-corrected chi connectivity index (χ4v) is 3.02. The lowest BCUT2D eigenvalue weighted by molar-refractivity contribution is 0.158. The summed E-state index contributed by atoms with van der Waals surface area (Å²) in [5, 5.41) is 10.7. The third kappa shape index (κ3) is 2.70. The number of rotatable bonds is 4. The number of para-hydroxylation sites is 2. The van der Waals surface area contributed by atoms with Crippen LogP contribution in [0.5, 0.6) is 0 Å². The number of nitrogens with zero attached hydrogens (tertiary/aromatic N) is 2. The predicted molar refractivity (Wildman–Crippen MR) is 96.6 cm³/mol. The number of aliphatic hydroxyl groups is 1. The van der Waals surface area contributed by atoms with Crippen molar-refractivity contribution in [1.82, 2.24) is 9.55 Å². The molecule has 0 bridgehead atoms. The van der Waals surface area contributed by atoms with E-state index in [0.717, 1.165) is 28.0 Å². The number of benzene rings is 3. The molecule has 0 saturated carbocycles. The molecule has 1 aromatic heterocycles. The first-order chi connectivity index (χ1) is 11.8. The largest absolute Gasteiger partial charge is 0.387 e. The highest BCUT2D eigenvalue weighted by Crippen LogP contribution is 2.27. The summed E-state index contributed by atoms with van der Waals surface area (Å²) in [5.74, 6) is 0.881. The zero-order valence-corrected chi connectivity index (χ0v) is 13.2. The highest BCUT2D eigenvalue weighted by Gasteiger charge is 2.16. The van der Waals surface area contributed by atoms with Crippen LogP contribution in [0.15, 0.2) is 84.9 Å². The molecule has 0 amide bonds. The lowest BCUT2D eigenvalue weighted by Crippen LogP contribution is -2.10. The first-order valence-corrected chi connectivity index (χ1v) is 8.06. The molecule has 4 aromatic rings. The smallest absolute Gasteiger partial charge is 0.141 e. The van der Waals surface area contributed by atoms with Crippen LogP contribution >= 0.6 is 0 Å². The summed E-state index contributed by atoms with van der Waals surface area (Å²) in [5.41, 5.74) is 3.94. The third-order valence-electron chi connectivity index (χ3n) is 4.23. The van der Waals surface area contributed by atoms with Gasteiger partial charge in [0, 0.05) is 5.56 Å². The van der Waals surface area contributed by atoms with Crippen molar-refractivity contribution in [3.63, 3.8) is 0 Å². The Hall–Kier alpha value is -2.91. The van der Waals surface area contributed by atoms with E-state index in [2.05, 4.69) is 4.57 Å². The molecule has 3 aromatic carbocycles. The topological polar surface area (TPSA) is 38.0 Å². The molecule has 1 atom stereocenters. The van der Waals surface area contributed by atoms with E-state index in [1.807, 2.05) is 84.9 Å². The Balaban J connectivity index is 1.81. The summed E-state index contributed by atoms with van der Waals surface area (Å²) in [6.07, 6.45) is -0.578. The molecule has 0 spiro atoms. The summed E-state index contributed by atoms with van der Waals surface area (Å²) in [6.45, 7) is 0.467. The number of hydrogen-bond acceptors (Lipinski definition) is 2. The Kier molecular flexibility index (Phi) is 3.85. The Morgan fingerprint density at radius 1 is 0.792 bits per heavy atom. The van der Waals surface area contributed by atoms with Crippen molar-refractivity contribution < 1.29 is 5.11 Å². The second kappa shape index (κ2) is 6.30. The molecule has 0 unspecified atom stereocenters. The molecule has 0 aliphatic carbocycles. The zero-order chi connectivity index (χ0) is 16.4. The van der Waals surface area contributed by atoms with Crippen LogP contribution in [-0.2, 0) is 6.54 Å². The van der Waals surface area contributed by atoms with Gasteiger partial charge in [-0.05, 0) is 17.7 Å². The van der Waals surface area contributed by atoms with Gasteiger partial charge in [0.15, 0.2) is 0 Å². The van der Waals surface area contributed by atoms with Crippen molar-refractivity contribution in [2.45, 2.75) is 12.6 Å². The van der Waals surface area contributed by atoms with Gasteiger partial charge in [-0.1, -0.05) is 72.8 Å². The van der Waals surface area contributed by atoms with E-state index in [4.69, 9.17) is 4.98 Å². The first-order valence-electron chi connectivity index (χ1n) is 8.06. The fraction of sp³-hybridized carbons (Fsp3) is 0.0952. The standard InChI is InChI=1S/C21H18N2O/c24-20(16-9-3-1-4-10-16)15-23-19-14-8-7-13-18(19)22-21(23)17-11-5-2-6-12-17/h1-14,20,24H,15H2/t20-/m0/s1. The van der Waals surface area contributed by atoms with E-state index < -0.39 is 6.10 Å². The van der Waals surface area contributed by atoms with Gasteiger partial charge in [0.1, 0.15) is 5.82 Å². The quantitative estimate of drug-likeness (QED) is 0.605. The van der Waals surface area contributed by atoms with Crippen LogP contribution in [-0.4, -0.2) is 14.7 Å². The van der Waals surface area contributed by atoms with Gasteiger partial charge in [-0.15, -0.1) is 0 Å². The van der Waals surface area contributed by atoms with Gasteiger partial charge < -0.3 is 9.67 Å². The highest BCUT2D eigenvalue weighted by molar-refractivity contribution is 5.80. The second-order valence-electron chi connectivity index (χ2n) is 5.83. The average molecular weight is 314 g/mol. The lowest BCUT2D eigenvalue weighted by atomic mass is 10.1. The Morgan fingerprint density at radius 3 is 2.17 bits per heavy atom. The molecule has 1 heterocycles. The molecule has 0 aliphatic heterocycles. The second-order valence-corrected chi connectivity index (χ2v) is 5.83. The van der Waals surface area contributed by atoms with Crippen LogP contribution in [0.3, 0.4) is 0 Å². The SMILES string of the molecule is O[C@@H](Cn1c(-c2ccccc2)nc2ccccc21)c1ccccc1. The number of fused-ring (bicyclic) bond motifs is 1. The van der Waals surface area contributed by atoms with Gasteiger partial charge in [0.05, 0.1) is 23.7 Å². The summed E-state index contributed by atoms with van der Waals surface area (Å²) < 4.78 is 2.10. The maximum atomic E-state index is 10.7. The predicted octanol–water partition coefficient (Wildman–Crippen LogP) is 4.44. The Morgan fingerprint density at radius 2 is 1.42 bits per heavy atom. The zero-order valence-electron chi connectivity index (χ0n) is 13.2. The van der Waals surface area contributed by atoms with E-state index in [1.54, 1.807) is 0 Å². The highest BCUT2D eigenvalue weighted by atomic mass is 16.3. The minimum atomic E-state index is -0.578. The fourth-order valence-electron chi connectivity index (χ4n) is 3.02. The van der Waals surface area contributed by atoms with Crippen LogP contribution in [0, 0.1) is 0 Å². The normalized spacial score (nSPS) is 12.4. The van der Waals surface area contributed by atoms with Crippen molar-refractivity contribution in [2.24, 2.45) is 0 Å².